The van der Waals surface area contributed by atoms with E-state index in [2.05, 4.69) is 15.0 Å². The van der Waals surface area contributed by atoms with E-state index in [0.29, 0.717) is 11.6 Å². The standard InChI is InChI=1S/C15H12F3N3O2S2/c16-15(17,18)23-11-3-1-10(2-4-11)7-12-8-20-14(25-12)21-13(22)9-24-6-5-19/h1-4,8H,6-7,9H2,(H,20,21,22). The third-order valence-electron chi connectivity index (χ3n) is 2.73. The van der Waals surface area contributed by atoms with Gasteiger partial charge in [0.2, 0.25) is 5.91 Å². The van der Waals surface area contributed by atoms with Crippen molar-refractivity contribution in [2.75, 3.05) is 16.8 Å². The maximum Gasteiger partial charge on any atom is 0.573 e. The Hall–Kier alpha value is -2.25. The van der Waals surface area contributed by atoms with Crippen LogP contribution in [0.5, 0.6) is 5.75 Å². The van der Waals surface area contributed by atoms with Crippen molar-refractivity contribution in [3.8, 4) is 11.8 Å². The highest BCUT2D eigenvalue weighted by atomic mass is 32.2. The van der Waals surface area contributed by atoms with Gasteiger partial charge < -0.3 is 10.1 Å². The van der Waals surface area contributed by atoms with Gasteiger partial charge in [-0.1, -0.05) is 12.1 Å². The Bertz CT molecular complexity index is 755. The van der Waals surface area contributed by atoms with Gasteiger partial charge in [0.25, 0.3) is 0 Å². The molecule has 0 saturated heterocycles. The topological polar surface area (TPSA) is 75.0 Å². The van der Waals surface area contributed by atoms with Crippen molar-refractivity contribution in [2.24, 2.45) is 0 Å². The monoisotopic (exact) mass is 387 g/mol. The third-order valence-corrected chi connectivity index (χ3v) is 4.45. The summed E-state index contributed by atoms with van der Waals surface area (Å²) in [6.45, 7) is 0. The molecule has 0 fully saturated rings. The van der Waals surface area contributed by atoms with E-state index in [1.54, 1.807) is 6.20 Å². The molecular formula is C15H12F3N3O2S2. The molecule has 1 aromatic heterocycles. The molecule has 0 aliphatic carbocycles. The lowest BCUT2D eigenvalue weighted by Crippen LogP contribution is -2.17. The molecule has 5 nitrogen and oxygen atoms in total. The lowest BCUT2D eigenvalue weighted by Gasteiger charge is -2.08. The molecule has 0 unspecified atom stereocenters. The molecule has 1 N–H and O–H groups in total. The van der Waals surface area contributed by atoms with Gasteiger partial charge in [-0.25, -0.2) is 4.98 Å². The minimum absolute atomic E-state index is 0.170. The highest BCUT2D eigenvalue weighted by molar-refractivity contribution is 8.00. The number of anilines is 1. The van der Waals surface area contributed by atoms with Crippen LogP contribution in [-0.2, 0) is 11.2 Å². The fraction of sp³-hybridized carbons (Fsp3) is 0.267. The summed E-state index contributed by atoms with van der Waals surface area (Å²) in [5.41, 5.74) is 0.792. The first kappa shape index (κ1) is 19.1. The molecule has 0 aliphatic heterocycles. The molecule has 0 spiro atoms. The van der Waals surface area contributed by atoms with Crippen molar-refractivity contribution >= 4 is 34.1 Å². The first-order valence-electron chi connectivity index (χ1n) is 6.89. The van der Waals surface area contributed by atoms with Crippen LogP contribution in [0.3, 0.4) is 0 Å². The molecule has 2 rings (SSSR count). The van der Waals surface area contributed by atoms with Gasteiger partial charge in [0, 0.05) is 17.5 Å². The summed E-state index contributed by atoms with van der Waals surface area (Å²) in [7, 11) is 0. The molecule has 0 saturated carbocycles. The van der Waals surface area contributed by atoms with Crippen LogP contribution >= 0.6 is 23.1 Å². The number of alkyl halides is 3. The maximum atomic E-state index is 12.1. The molecule has 1 aromatic carbocycles. The van der Waals surface area contributed by atoms with Crippen LogP contribution in [0.25, 0.3) is 0 Å². The normalized spacial score (nSPS) is 11.0. The Kier molecular flexibility index (Phi) is 6.66. The van der Waals surface area contributed by atoms with Crippen LogP contribution in [0.15, 0.2) is 30.5 Å². The number of benzene rings is 1. The second kappa shape index (κ2) is 8.73. The largest absolute Gasteiger partial charge is 0.573 e. The summed E-state index contributed by atoms with van der Waals surface area (Å²) in [4.78, 5) is 16.6. The molecule has 1 heterocycles. The van der Waals surface area contributed by atoms with Gasteiger partial charge in [-0.05, 0) is 17.7 Å². The summed E-state index contributed by atoms with van der Waals surface area (Å²) in [5.74, 6) is -0.105. The minimum atomic E-state index is -4.71. The zero-order valence-electron chi connectivity index (χ0n) is 12.7. The number of carbonyl (C=O) groups excluding carboxylic acids is 1. The van der Waals surface area contributed by atoms with Crippen molar-refractivity contribution in [1.82, 2.24) is 4.98 Å². The summed E-state index contributed by atoms with van der Waals surface area (Å²) in [5, 5.41) is 11.5. The number of thioether (sulfide) groups is 1. The average molecular weight is 387 g/mol. The van der Waals surface area contributed by atoms with E-state index in [-0.39, 0.29) is 23.2 Å². The lowest BCUT2D eigenvalue weighted by atomic mass is 10.1. The summed E-state index contributed by atoms with van der Waals surface area (Å²) in [6.07, 6.45) is -2.64. The SMILES string of the molecule is N#CCSCC(=O)Nc1ncc(Cc2ccc(OC(F)(F)F)cc2)s1. The van der Waals surface area contributed by atoms with Gasteiger partial charge in [-0.3, -0.25) is 4.79 Å². The first-order valence-corrected chi connectivity index (χ1v) is 8.87. The zero-order valence-corrected chi connectivity index (χ0v) is 14.3. The molecule has 0 radical (unpaired) electrons. The van der Waals surface area contributed by atoms with E-state index in [1.807, 2.05) is 6.07 Å². The van der Waals surface area contributed by atoms with Crippen molar-refractivity contribution in [3.05, 3.63) is 40.9 Å². The predicted molar refractivity (Wildman–Crippen MR) is 89.6 cm³/mol. The molecule has 0 bridgehead atoms. The molecular weight excluding hydrogens is 375 g/mol. The summed E-state index contributed by atoms with van der Waals surface area (Å²) in [6, 6.07) is 7.51. The zero-order chi connectivity index (χ0) is 18.3. The number of rotatable bonds is 7. The van der Waals surface area contributed by atoms with E-state index in [1.165, 1.54) is 47.4 Å². The van der Waals surface area contributed by atoms with E-state index >= 15 is 0 Å². The van der Waals surface area contributed by atoms with Gasteiger partial charge in [-0.15, -0.1) is 36.3 Å². The molecule has 25 heavy (non-hydrogen) atoms. The fourth-order valence-electron chi connectivity index (χ4n) is 1.80. The van der Waals surface area contributed by atoms with Crippen LogP contribution in [0, 0.1) is 11.3 Å². The Morgan fingerprint density at radius 1 is 1.36 bits per heavy atom. The number of amides is 1. The molecule has 0 atom stereocenters. The smallest absolute Gasteiger partial charge is 0.406 e. The molecule has 0 aliphatic rings. The van der Waals surface area contributed by atoms with Crippen LogP contribution < -0.4 is 10.1 Å². The Labute approximate surface area is 149 Å². The quantitative estimate of drug-likeness (QED) is 0.731. The number of halogens is 3. The number of hydrogen-bond acceptors (Lipinski definition) is 6. The van der Waals surface area contributed by atoms with E-state index in [9.17, 15) is 18.0 Å². The number of carbonyl (C=O) groups is 1. The van der Waals surface area contributed by atoms with Gasteiger partial charge in [0.05, 0.1) is 17.6 Å². The molecule has 132 valence electrons. The summed E-state index contributed by atoms with van der Waals surface area (Å²) < 4.78 is 40.2. The minimum Gasteiger partial charge on any atom is -0.406 e. The fourth-order valence-corrected chi connectivity index (χ4v) is 3.12. The number of nitrogens with zero attached hydrogens (tertiary/aromatic N) is 2. The molecule has 1 amide bonds. The van der Waals surface area contributed by atoms with Gasteiger partial charge >= 0.3 is 6.36 Å². The van der Waals surface area contributed by atoms with Gasteiger partial charge in [-0.2, -0.15) is 5.26 Å². The van der Waals surface area contributed by atoms with Gasteiger partial charge in [0.1, 0.15) is 5.75 Å². The van der Waals surface area contributed by atoms with Crippen molar-refractivity contribution in [1.29, 1.82) is 5.26 Å². The highest BCUT2D eigenvalue weighted by Gasteiger charge is 2.30. The van der Waals surface area contributed by atoms with Crippen LogP contribution in [-0.4, -0.2) is 28.8 Å². The highest BCUT2D eigenvalue weighted by Crippen LogP contribution is 2.25. The summed E-state index contributed by atoms with van der Waals surface area (Å²) >= 11 is 2.49. The van der Waals surface area contributed by atoms with Crippen molar-refractivity contribution in [3.63, 3.8) is 0 Å². The number of thiazole rings is 1. The van der Waals surface area contributed by atoms with Crippen LogP contribution in [0.4, 0.5) is 18.3 Å². The number of nitrogens with one attached hydrogen (secondary N) is 1. The first-order chi connectivity index (χ1) is 11.9. The number of nitriles is 1. The average Bonchev–Trinajstić information content (AvgIpc) is 2.95. The maximum absolute atomic E-state index is 12.1. The van der Waals surface area contributed by atoms with E-state index in [4.69, 9.17) is 5.26 Å². The predicted octanol–water partition coefficient (Wildman–Crippen LogP) is 3.83. The van der Waals surface area contributed by atoms with Gasteiger partial charge in [0.15, 0.2) is 5.13 Å². The molecule has 2 aromatic rings. The van der Waals surface area contributed by atoms with Crippen LogP contribution in [0.1, 0.15) is 10.4 Å². The number of ether oxygens (including phenoxy) is 1. The second-order valence-corrected chi connectivity index (χ2v) is 6.80. The Morgan fingerprint density at radius 2 is 2.08 bits per heavy atom. The van der Waals surface area contributed by atoms with E-state index < -0.39 is 6.36 Å². The Morgan fingerprint density at radius 3 is 2.72 bits per heavy atom. The number of hydrogen-bond donors (Lipinski definition) is 1. The number of aromatic nitrogens is 1. The van der Waals surface area contributed by atoms with Crippen molar-refractivity contribution < 1.29 is 22.7 Å². The van der Waals surface area contributed by atoms with Crippen molar-refractivity contribution in [2.45, 2.75) is 12.8 Å². The Balaban J connectivity index is 1.88. The second-order valence-electron chi connectivity index (χ2n) is 4.70. The lowest BCUT2D eigenvalue weighted by molar-refractivity contribution is -0.274. The van der Waals surface area contributed by atoms with E-state index in [0.717, 1.165) is 10.4 Å². The van der Waals surface area contributed by atoms with Crippen LogP contribution in [0.2, 0.25) is 0 Å². The third kappa shape index (κ3) is 7.03. The molecule has 10 heteroatoms.